The summed E-state index contributed by atoms with van der Waals surface area (Å²) in [7, 11) is 1.86. The largest absolute Gasteiger partial charge is 0.459 e. The number of nitrogens with zero attached hydrogens (tertiary/aromatic N) is 2. The summed E-state index contributed by atoms with van der Waals surface area (Å²) in [5.74, 6) is -0.0835. The maximum absolute atomic E-state index is 12.2. The van der Waals surface area contributed by atoms with E-state index in [2.05, 4.69) is 0 Å². The van der Waals surface area contributed by atoms with Crippen LogP contribution in [0.4, 0.5) is 0 Å². The third-order valence-corrected chi connectivity index (χ3v) is 3.87. The van der Waals surface area contributed by atoms with Gasteiger partial charge in [0.1, 0.15) is 11.6 Å². The molecule has 2 rings (SSSR count). The van der Waals surface area contributed by atoms with Crippen molar-refractivity contribution in [2.75, 3.05) is 20.1 Å². The Hall–Kier alpha value is -1.10. The van der Waals surface area contributed by atoms with E-state index < -0.39 is 5.60 Å². The summed E-state index contributed by atoms with van der Waals surface area (Å²) in [6, 6.07) is 0.163. The second kappa shape index (κ2) is 5.72. The second-order valence-electron chi connectivity index (χ2n) is 6.90. The number of amides is 1. The van der Waals surface area contributed by atoms with Gasteiger partial charge in [-0.2, -0.15) is 0 Å². The molecule has 114 valence electrons. The molecule has 0 radical (unpaired) electrons. The molecule has 0 spiro atoms. The fourth-order valence-corrected chi connectivity index (χ4v) is 2.60. The van der Waals surface area contributed by atoms with Crippen LogP contribution in [0.3, 0.4) is 0 Å². The van der Waals surface area contributed by atoms with Crippen molar-refractivity contribution in [1.82, 2.24) is 9.80 Å². The monoisotopic (exact) mass is 282 g/mol. The van der Waals surface area contributed by atoms with Crippen molar-refractivity contribution >= 4 is 11.9 Å². The maximum atomic E-state index is 12.2. The van der Waals surface area contributed by atoms with Crippen LogP contribution < -0.4 is 0 Å². The van der Waals surface area contributed by atoms with Gasteiger partial charge < -0.3 is 9.64 Å². The third-order valence-electron chi connectivity index (χ3n) is 3.87. The molecule has 1 aliphatic carbocycles. The highest BCUT2D eigenvalue weighted by Gasteiger charge is 2.37. The van der Waals surface area contributed by atoms with Crippen molar-refractivity contribution in [3.8, 4) is 0 Å². The summed E-state index contributed by atoms with van der Waals surface area (Å²) in [5.41, 5.74) is -0.472. The summed E-state index contributed by atoms with van der Waals surface area (Å²) < 4.78 is 5.45. The number of hydrogen-bond acceptors (Lipinski definition) is 4. The van der Waals surface area contributed by atoms with Crippen molar-refractivity contribution in [1.29, 1.82) is 0 Å². The van der Waals surface area contributed by atoms with E-state index in [1.165, 1.54) is 0 Å². The average molecular weight is 282 g/mol. The second-order valence-corrected chi connectivity index (χ2v) is 6.90. The highest BCUT2D eigenvalue weighted by molar-refractivity contribution is 5.81. The van der Waals surface area contributed by atoms with Crippen LogP contribution in [0.25, 0.3) is 0 Å². The lowest BCUT2D eigenvalue weighted by Gasteiger charge is -2.28. The Morgan fingerprint density at radius 1 is 1.25 bits per heavy atom. The van der Waals surface area contributed by atoms with Crippen LogP contribution in [0.2, 0.25) is 0 Å². The van der Waals surface area contributed by atoms with E-state index in [4.69, 9.17) is 4.74 Å². The topological polar surface area (TPSA) is 49.9 Å². The highest BCUT2D eigenvalue weighted by atomic mass is 16.6. The standard InChI is InChI=1S/C15H26N2O3/c1-15(2,3)20-14(19)12-6-5-9-17(12)10-13(18)16(4)11-7-8-11/h11-12H,5-10H2,1-4H3/t12-/m1/s1. The number of carbonyl (C=O) groups excluding carboxylic acids is 2. The number of rotatable bonds is 4. The fraction of sp³-hybridized carbons (Fsp3) is 0.867. The Bertz CT molecular complexity index is 385. The van der Waals surface area contributed by atoms with Gasteiger partial charge in [0.05, 0.1) is 6.54 Å². The first-order valence-electron chi connectivity index (χ1n) is 7.50. The van der Waals surface area contributed by atoms with E-state index in [1.54, 1.807) is 0 Å². The van der Waals surface area contributed by atoms with Crippen LogP contribution >= 0.6 is 0 Å². The number of likely N-dealkylation sites (tertiary alicyclic amines) is 1. The molecule has 0 aromatic rings. The van der Waals surface area contributed by atoms with Crippen LogP contribution in [0.15, 0.2) is 0 Å². The van der Waals surface area contributed by atoms with E-state index >= 15 is 0 Å². The molecule has 0 aromatic carbocycles. The fourth-order valence-electron chi connectivity index (χ4n) is 2.60. The van der Waals surface area contributed by atoms with Gasteiger partial charge in [0.2, 0.25) is 5.91 Å². The summed E-state index contributed by atoms with van der Waals surface area (Å²) >= 11 is 0. The maximum Gasteiger partial charge on any atom is 0.323 e. The molecule has 1 aliphatic heterocycles. The minimum atomic E-state index is -0.472. The van der Waals surface area contributed by atoms with Crippen molar-refractivity contribution in [3.05, 3.63) is 0 Å². The summed E-state index contributed by atoms with van der Waals surface area (Å²) in [6.07, 6.45) is 3.95. The zero-order valence-corrected chi connectivity index (χ0v) is 13.0. The molecule has 20 heavy (non-hydrogen) atoms. The van der Waals surface area contributed by atoms with Gasteiger partial charge in [0.25, 0.3) is 0 Å². The molecular formula is C15H26N2O3. The molecule has 1 saturated heterocycles. The van der Waals surface area contributed by atoms with Gasteiger partial charge in [-0.1, -0.05) is 0 Å². The molecule has 0 unspecified atom stereocenters. The number of esters is 1. The average Bonchev–Trinajstić information content (AvgIpc) is 3.06. The van der Waals surface area contributed by atoms with Gasteiger partial charge in [-0.3, -0.25) is 14.5 Å². The van der Waals surface area contributed by atoms with Crippen LogP contribution in [-0.4, -0.2) is 59.5 Å². The quantitative estimate of drug-likeness (QED) is 0.732. The van der Waals surface area contributed by atoms with Crippen LogP contribution in [0, 0.1) is 0 Å². The molecule has 5 heteroatoms. The SMILES string of the molecule is CN(C(=O)CN1CCC[C@@H]1C(=O)OC(C)(C)C)C1CC1. The van der Waals surface area contributed by atoms with E-state index in [0.29, 0.717) is 12.6 Å². The first-order chi connectivity index (χ1) is 9.28. The predicted molar refractivity (Wildman–Crippen MR) is 76.2 cm³/mol. The molecule has 1 amide bonds. The smallest absolute Gasteiger partial charge is 0.323 e. The lowest BCUT2D eigenvalue weighted by Crippen LogP contribution is -2.45. The molecule has 1 heterocycles. The molecule has 1 saturated carbocycles. The van der Waals surface area contributed by atoms with Gasteiger partial charge in [0.15, 0.2) is 0 Å². The summed E-state index contributed by atoms with van der Waals surface area (Å²) in [5, 5.41) is 0. The minimum Gasteiger partial charge on any atom is -0.459 e. The summed E-state index contributed by atoms with van der Waals surface area (Å²) in [6.45, 7) is 6.74. The lowest BCUT2D eigenvalue weighted by molar-refractivity contribution is -0.160. The summed E-state index contributed by atoms with van der Waals surface area (Å²) in [4.78, 5) is 28.1. The van der Waals surface area contributed by atoms with Crippen LogP contribution in [-0.2, 0) is 14.3 Å². The molecule has 2 aliphatic rings. The Morgan fingerprint density at radius 2 is 1.90 bits per heavy atom. The number of carbonyl (C=O) groups is 2. The zero-order valence-electron chi connectivity index (χ0n) is 13.0. The molecule has 2 fully saturated rings. The molecule has 0 N–H and O–H groups in total. The number of ether oxygens (including phenoxy) is 1. The first kappa shape index (κ1) is 15.3. The normalized spacial score (nSPS) is 23.7. The van der Waals surface area contributed by atoms with Crippen LogP contribution in [0.1, 0.15) is 46.5 Å². The van der Waals surface area contributed by atoms with Crippen molar-refractivity contribution in [3.63, 3.8) is 0 Å². The van der Waals surface area contributed by atoms with Crippen molar-refractivity contribution in [2.45, 2.75) is 64.1 Å². The lowest BCUT2D eigenvalue weighted by atomic mass is 10.1. The molecule has 5 nitrogen and oxygen atoms in total. The first-order valence-corrected chi connectivity index (χ1v) is 7.50. The number of likely N-dealkylation sites (N-methyl/N-ethyl adjacent to an activating group) is 1. The Kier molecular flexibility index (Phi) is 4.37. The van der Waals surface area contributed by atoms with Crippen molar-refractivity contribution in [2.24, 2.45) is 0 Å². The van der Waals surface area contributed by atoms with E-state index in [9.17, 15) is 9.59 Å². The van der Waals surface area contributed by atoms with Gasteiger partial charge in [-0.05, 0) is 53.0 Å². The van der Waals surface area contributed by atoms with E-state index in [-0.39, 0.29) is 17.9 Å². The third kappa shape index (κ3) is 3.95. The van der Waals surface area contributed by atoms with Crippen LogP contribution in [0.5, 0.6) is 0 Å². The van der Waals surface area contributed by atoms with Gasteiger partial charge in [-0.15, -0.1) is 0 Å². The van der Waals surface area contributed by atoms with E-state index in [1.807, 2.05) is 37.6 Å². The highest BCUT2D eigenvalue weighted by Crippen LogP contribution is 2.26. The van der Waals surface area contributed by atoms with Gasteiger partial charge >= 0.3 is 5.97 Å². The molecule has 1 atom stereocenters. The molecule has 0 aromatic heterocycles. The molecule has 0 bridgehead atoms. The number of hydrogen-bond donors (Lipinski definition) is 0. The Balaban J connectivity index is 1.89. The zero-order chi connectivity index (χ0) is 14.9. The van der Waals surface area contributed by atoms with Gasteiger partial charge in [-0.25, -0.2) is 0 Å². The predicted octanol–water partition coefficient (Wildman–Crippen LogP) is 1.41. The van der Waals surface area contributed by atoms with Gasteiger partial charge in [0, 0.05) is 13.1 Å². The Labute approximate surface area is 121 Å². The molecular weight excluding hydrogens is 256 g/mol. The van der Waals surface area contributed by atoms with E-state index in [0.717, 1.165) is 32.2 Å². The minimum absolute atomic E-state index is 0.114. The Morgan fingerprint density at radius 3 is 2.45 bits per heavy atom. The van der Waals surface area contributed by atoms with Crippen molar-refractivity contribution < 1.29 is 14.3 Å².